The Kier molecular flexibility index (Phi) is 5.93. The number of amidine groups is 1. The van der Waals surface area contributed by atoms with Crippen molar-refractivity contribution >= 4 is 11.6 Å². The quantitative estimate of drug-likeness (QED) is 0.321. The number of hydrogen-bond donors (Lipinski definition) is 2. The Morgan fingerprint density at radius 1 is 1.18 bits per heavy atom. The van der Waals surface area contributed by atoms with E-state index in [0.29, 0.717) is 47.8 Å². The minimum atomic E-state index is -0.718. The zero-order valence-electron chi connectivity index (χ0n) is 18.2. The maximum absolute atomic E-state index is 15.2. The molecule has 0 spiro atoms. The van der Waals surface area contributed by atoms with Crippen molar-refractivity contribution in [3.8, 4) is 22.6 Å². The summed E-state index contributed by atoms with van der Waals surface area (Å²) in [6.07, 6.45) is 4.50. The van der Waals surface area contributed by atoms with Gasteiger partial charge in [0.25, 0.3) is 12.0 Å². The van der Waals surface area contributed by atoms with Crippen LogP contribution in [0.4, 0.5) is 8.78 Å². The lowest BCUT2D eigenvalue weighted by atomic mass is 9.84. The Bertz CT molecular complexity index is 1300. The lowest BCUT2D eigenvalue weighted by Gasteiger charge is -2.29. The average Bonchev–Trinajstić information content (AvgIpc) is 2.84. The topological polar surface area (TPSA) is 103 Å². The van der Waals surface area contributed by atoms with Gasteiger partial charge in [-0.05, 0) is 54.3 Å². The summed E-state index contributed by atoms with van der Waals surface area (Å²) in [5, 5.41) is 7.36. The summed E-state index contributed by atoms with van der Waals surface area (Å²) >= 11 is 0. The third kappa shape index (κ3) is 4.22. The van der Waals surface area contributed by atoms with Crippen LogP contribution >= 0.6 is 0 Å². The van der Waals surface area contributed by atoms with Gasteiger partial charge in [0.15, 0.2) is 5.75 Å². The summed E-state index contributed by atoms with van der Waals surface area (Å²) in [6, 6.07) is 9.92. The minimum Gasteiger partial charge on any atom is -0.466 e. The number of halogens is 2. The summed E-state index contributed by atoms with van der Waals surface area (Å²) in [5.74, 6) is -1.18. The number of fused-ring (bicyclic) bond motifs is 2. The van der Waals surface area contributed by atoms with Gasteiger partial charge in [-0.3, -0.25) is 5.41 Å². The Morgan fingerprint density at radius 2 is 2.06 bits per heavy atom. The number of aromatic nitrogens is 2. The second kappa shape index (κ2) is 9.18. The van der Waals surface area contributed by atoms with Gasteiger partial charge in [-0.1, -0.05) is 12.1 Å². The van der Waals surface area contributed by atoms with E-state index in [1.165, 1.54) is 6.20 Å². The molecule has 0 bridgehead atoms. The number of pyridine rings is 2. The molecule has 0 saturated heterocycles. The fourth-order valence-electron chi connectivity index (χ4n) is 4.34. The highest BCUT2D eigenvalue weighted by Gasteiger charge is 2.32. The van der Waals surface area contributed by atoms with Crippen molar-refractivity contribution in [1.29, 1.82) is 5.41 Å². The molecule has 0 radical (unpaired) electrons. The summed E-state index contributed by atoms with van der Waals surface area (Å²) < 4.78 is 46.2. The maximum atomic E-state index is 15.2. The molecular formula is C25H22F2N4O3. The molecule has 174 valence electrons. The van der Waals surface area contributed by atoms with Gasteiger partial charge < -0.3 is 19.9 Å². The molecule has 0 aliphatic carbocycles. The molecule has 9 heteroatoms. The van der Waals surface area contributed by atoms with E-state index in [9.17, 15) is 4.39 Å². The van der Waals surface area contributed by atoms with Gasteiger partial charge in [-0.2, -0.15) is 8.78 Å². The predicted octanol–water partition coefficient (Wildman–Crippen LogP) is 4.76. The molecule has 0 fully saturated rings. The number of nitrogens with one attached hydrogen (secondary N) is 1. The van der Waals surface area contributed by atoms with Gasteiger partial charge in [0.2, 0.25) is 5.95 Å². The molecule has 0 amide bonds. The number of nitrogens with two attached hydrogens (primary N) is 1. The Hall–Kier alpha value is -3.85. The van der Waals surface area contributed by atoms with Crippen molar-refractivity contribution in [3.05, 3.63) is 77.4 Å². The molecule has 1 atom stereocenters. The number of benzene rings is 1. The highest BCUT2D eigenvalue weighted by Crippen LogP contribution is 2.48. The van der Waals surface area contributed by atoms with Crippen LogP contribution in [0.3, 0.4) is 0 Å². The monoisotopic (exact) mass is 464 g/mol. The second-order valence-corrected chi connectivity index (χ2v) is 8.04. The average molecular weight is 464 g/mol. The lowest BCUT2D eigenvalue weighted by Crippen LogP contribution is -2.19. The lowest BCUT2D eigenvalue weighted by molar-refractivity contribution is 0.164. The summed E-state index contributed by atoms with van der Waals surface area (Å²) in [7, 11) is 0. The van der Waals surface area contributed by atoms with E-state index in [-0.39, 0.29) is 18.3 Å². The van der Waals surface area contributed by atoms with Crippen LogP contribution in [0.2, 0.25) is 0 Å². The molecule has 2 aromatic heterocycles. The maximum Gasteiger partial charge on any atom is 0.278 e. The van der Waals surface area contributed by atoms with Crippen molar-refractivity contribution in [2.45, 2.75) is 18.8 Å². The normalized spacial score (nSPS) is 16.6. The number of hydrogen-bond acceptors (Lipinski definition) is 6. The zero-order chi connectivity index (χ0) is 23.7. The fraction of sp³-hybridized carbons (Fsp3) is 0.240. The van der Waals surface area contributed by atoms with Crippen molar-refractivity contribution in [2.75, 3.05) is 19.8 Å². The van der Waals surface area contributed by atoms with E-state index in [4.69, 9.17) is 25.4 Å². The molecule has 0 saturated carbocycles. The van der Waals surface area contributed by atoms with Crippen LogP contribution in [-0.4, -0.2) is 35.8 Å². The van der Waals surface area contributed by atoms with Crippen molar-refractivity contribution in [1.82, 2.24) is 9.97 Å². The highest BCUT2D eigenvalue weighted by atomic mass is 19.1. The highest BCUT2D eigenvalue weighted by molar-refractivity contribution is 5.70. The number of nitrogens with zero attached hydrogens (tertiary/aromatic N) is 2. The largest absolute Gasteiger partial charge is 0.466 e. The molecule has 3 aromatic rings. The van der Waals surface area contributed by atoms with E-state index in [1.54, 1.807) is 30.3 Å². The first-order valence-electron chi connectivity index (χ1n) is 10.9. The summed E-state index contributed by atoms with van der Waals surface area (Å²) in [6.45, 7) is 1.10. The van der Waals surface area contributed by atoms with Gasteiger partial charge in [0.1, 0.15) is 5.75 Å². The second-order valence-electron chi connectivity index (χ2n) is 8.04. The molecule has 2 aliphatic heterocycles. The van der Waals surface area contributed by atoms with Crippen molar-refractivity contribution < 1.29 is 23.0 Å². The first-order chi connectivity index (χ1) is 16.5. The molecule has 34 heavy (non-hydrogen) atoms. The number of rotatable bonds is 5. The predicted molar refractivity (Wildman–Crippen MR) is 122 cm³/mol. The smallest absolute Gasteiger partial charge is 0.278 e. The van der Waals surface area contributed by atoms with E-state index >= 15 is 4.39 Å². The van der Waals surface area contributed by atoms with E-state index in [1.807, 2.05) is 12.1 Å². The molecule has 4 heterocycles. The van der Waals surface area contributed by atoms with Gasteiger partial charge in [0.05, 0.1) is 25.5 Å². The van der Waals surface area contributed by atoms with Crippen LogP contribution in [0.5, 0.6) is 11.5 Å². The van der Waals surface area contributed by atoms with Crippen LogP contribution in [0, 0.1) is 17.3 Å². The molecule has 3 N–H and O–H groups in total. The molecule has 0 unspecified atom stereocenters. The van der Waals surface area contributed by atoms with E-state index in [0.717, 1.165) is 17.6 Å². The number of ether oxygens (including phenoxy) is 3. The molecule has 5 rings (SSSR count). The van der Waals surface area contributed by atoms with Gasteiger partial charge in [-0.15, -0.1) is 0 Å². The van der Waals surface area contributed by atoms with Crippen molar-refractivity contribution in [3.63, 3.8) is 0 Å². The van der Waals surface area contributed by atoms with Crippen molar-refractivity contribution in [2.24, 2.45) is 5.73 Å². The van der Waals surface area contributed by atoms with Crippen LogP contribution in [0.15, 0.2) is 48.7 Å². The molecule has 2 aliphatic rings. The standard InChI is InChI=1S/C25H22F2N4O3/c26-23-16(4-1-8-30-23)14-5-6-21-18(11-14)17(7-10-33-25(28)29)19-12-20(15-3-2-9-32-13-15)31-24(27)22(19)34-21/h1,3-6,8,11-12,17H,2,7,9-10,13H2,(H3,28,29)/t17-/m1/s1. The van der Waals surface area contributed by atoms with Gasteiger partial charge >= 0.3 is 0 Å². The minimum absolute atomic E-state index is 0.0433. The fourth-order valence-corrected chi connectivity index (χ4v) is 4.34. The summed E-state index contributed by atoms with van der Waals surface area (Å²) in [5.41, 5.74) is 8.95. The third-order valence-electron chi connectivity index (χ3n) is 5.91. The van der Waals surface area contributed by atoms with E-state index in [2.05, 4.69) is 9.97 Å². The Balaban J connectivity index is 1.61. The third-order valence-corrected chi connectivity index (χ3v) is 5.91. The van der Waals surface area contributed by atoms with Crippen LogP contribution < -0.4 is 10.5 Å². The Morgan fingerprint density at radius 3 is 2.82 bits per heavy atom. The van der Waals surface area contributed by atoms with Crippen LogP contribution in [0.25, 0.3) is 16.7 Å². The summed E-state index contributed by atoms with van der Waals surface area (Å²) in [4.78, 5) is 7.85. The Labute approximate surface area is 194 Å². The molecule has 7 nitrogen and oxygen atoms in total. The first-order valence-corrected chi connectivity index (χ1v) is 10.9. The molecular weight excluding hydrogens is 442 g/mol. The van der Waals surface area contributed by atoms with Gasteiger partial charge in [0, 0.05) is 28.8 Å². The zero-order valence-corrected chi connectivity index (χ0v) is 18.2. The van der Waals surface area contributed by atoms with E-state index < -0.39 is 17.9 Å². The van der Waals surface area contributed by atoms with Crippen LogP contribution in [-0.2, 0) is 9.47 Å². The van der Waals surface area contributed by atoms with Gasteiger partial charge in [-0.25, -0.2) is 9.97 Å². The first kappa shape index (κ1) is 22.0. The SMILES string of the molecule is N=C(N)OCC[C@@H]1c2cc(-c3cccnc3F)ccc2Oc2c1cc(C1=CCCOC1)nc2F. The van der Waals surface area contributed by atoms with Crippen LogP contribution in [0.1, 0.15) is 35.6 Å². The molecule has 1 aromatic carbocycles.